The molecule has 7 heteroatoms. The molecule has 1 amide bonds. The molecule has 144 valence electrons. The average Bonchev–Trinajstić information content (AvgIpc) is 2.63. The Balaban J connectivity index is 1.47. The van der Waals surface area contributed by atoms with Crippen molar-refractivity contribution in [2.45, 2.75) is 6.54 Å². The summed E-state index contributed by atoms with van der Waals surface area (Å²) in [7, 11) is 1.59. The van der Waals surface area contributed by atoms with Gasteiger partial charge >= 0.3 is 0 Å². The summed E-state index contributed by atoms with van der Waals surface area (Å²) in [5.41, 5.74) is 1.54. The van der Waals surface area contributed by atoms with Crippen LogP contribution < -0.4 is 10.1 Å². The molecular weight excluding hydrogens is 369 g/mol. The van der Waals surface area contributed by atoms with Gasteiger partial charge in [0.05, 0.1) is 13.7 Å². The molecule has 27 heavy (non-hydrogen) atoms. The summed E-state index contributed by atoms with van der Waals surface area (Å²) in [6, 6.07) is 11.7. The highest BCUT2D eigenvalue weighted by Gasteiger charge is 2.20. The van der Waals surface area contributed by atoms with Gasteiger partial charge in [-0.3, -0.25) is 14.6 Å². The third-order valence-corrected chi connectivity index (χ3v) is 4.81. The molecular formula is C20H23ClFN3O2. The van der Waals surface area contributed by atoms with E-state index < -0.39 is 0 Å². The van der Waals surface area contributed by atoms with Gasteiger partial charge in [0.25, 0.3) is 0 Å². The summed E-state index contributed by atoms with van der Waals surface area (Å²) in [6.45, 7) is 4.14. The molecule has 1 heterocycles. The van der Waals surface area contributed by atoms with E-state index in [0.29, 0.717) is 29.5 Å². The Labute approximate surface area is 163 Å². The van der Waals surface area contributed by atoms with Crippen LogP contribution in [0, 0.1) is 5.82 Å². The fourth-order valence-electron chi connectivity index (χ4n) is 3.19. The van der Waals surface area contributed by atoms with Crippen LogP contribution in [0.4, 0.5) is 10.1 Å². The zero-order chi connectivity index (χ0) is 19.2. The maximum Gasteiger partial charge on any atom is 0.238 e. The average molecular weight is 392 g/mol. The number of hydrogen-bond acceptors (Lipinski definition) is 4. The molecule has 2 aromatic carbocycles. The van der Waals surface area contributed by atoms with E-state index in [0.717, 1.165) is 31.7 Å². The molecule has 0 atom stereocenters. The van der Waals surface area contributed by atoms with Crippen LogP contribution in [0.15, 0.2) is 42.5 Å². The first-order valence-electron chi connectivity index (χ1n) is 8.86. The molecule has 3 rings (SSSR count). The minimum atomic E-state index is -0.262. The summed E-state index contributed by atoms with van der Waals surface area (Å²) in [4.78, 5) is 16.6. The SMILES string of the molecule is COc1ccc(F)cc1CN1CCN(CC(=O)Nc2cccc(Cl)c2)CC1. The Bertz CT molecular complexity index is 795. The van der Waals surface area contributed by atoms with E-state index in [2.05, 4.69) is 15.1 Å². The lowest BCUT2D eigenvalue weighted by Gasteiger charge is -2.34. The van der Waals surface area contributed by atoms with E-state index in [1.54, 1.807) is 31.4 Å². The number of methoxy groups -OCH3 is 1. The molecule has 0 spiro atoms. The number of amides is 1. The summed E-state index contributed by atoms with van der Waals surface area (Å²) in [5, 5.41) is 3.46. The van der Waals surface area contributed by atoms with Gasteiger partial charge in [-0.05, 0) is 36.4 Å². The molecule has 0 aliphatic carbocycles. The van der Waals surface area contributed by atoms with Crippen molar-refractivity contribution in [2.75, 3.05) is 45.2 Å². The topological polar surface area (TPSA) is 44.8 Å². The highest BCUT2D eigenvalue weighted by atomic mass is 35.5. The van der Waals surface area contributed by atoms with E-state index >= 15 is 0 Å². The number of ether oxygens (including phenoxy) is 1. The van der Waals surface area contributed by atoms with Gasteiger partial charge in [0.1, 0.15) is 11.6 Å². The van der Waals surface area contributed by atoms with Crippen molar-refractivity contribution >= 4 is 23.2 Å². The van der Waals surface area contributed by atoms with Gasteiger partial charge in [-0.2, -0.15) is 0 Å². The van der Waals surface area contributed by atoms with E-state index in [4.69, 9.17) is 16.3 Å². The summed E-state index contributed by atoms with van der Waals surface area (Å²) in [6.07, 6.45) is 0. The van der Waals surface area contributed by atoms with Gasteiger partial charge in [0, 0.05) is 49.0 Å². The van der Waals surface area contributed by atoms with Gasteiger partial charge in [-0.25, -0.2) is 4.39 Å². The Hall–Kier alpha value is -2.15. The fourth-order valence-corrected chi connectivity index (χ4v) is 3.38. The minimum absolute atomic E-state index is 0.0579. The summed E-state index contributed by atoms with van der Waals surface area (Å²) in [5.74, 6) is 0.374. The van der Waals surface area contributed by atoms with Crippen molar-refractivity contribution in [2.24, 2.45) is 0 Å². The van der Waals surface area contributed by atoms with Crippen molar-refractivity contribution in [3.8, 4) is 5.75 Å². The predicted octanol–water partition coefficient (Wildman–Crippen LogP) is 3.24. The van der Waals surface area contributed by atoms with Crippen LogP contribution in [0.2, 0.25) is 5.02 Å². The smallest absolute Gasteiger partial charge is 0.238 e. The quantitative estimate of drug-likeness (QED) is 0.821. The number of piperazine rings is 1. The van der Waals surface area contributed by atoms with Gasteiger partial charge in [0.15, 0.2) is 0 Å². The number of nitrogens with one attached hydrogen (secondary N) is 1. The molecule has 2 aromatic rings. The molecule has 1 saturated heterocycles. The maximum atomic E-state index is 13.5. The number of rotatable bonds is 6. The van der Waals surface area contributed by atoms with Gasteiger partial charge in [-0.1, -0.05) is 17.7 Å². The van der Waals surface area contributed by atoms with Crippen molar-refractivity contribution in [1.82, 2.24) is 9.80 Å². The first kappa shape index (κ1) is 19.6. The van der Waals surface area contributed by atoms with Crippen molar-refractivity contribution in [3.63, 3.8) is 0 Å². The van der Waals surface area contributed by atoms with Crippen LogP contribution in [-0.2, 0) is 11.3 Å². The van der Waals surface area contributed by atoms with Crippen molar-refractivity contribution in [1.29, 1.82) is 0 Å². The molecule has 0 saturated carbocycles. The normalized spacial score (nSPS) is 15.5. The highest BCUT2D eigenvalue weighted by molar-refractivity contribution is 6.30. The number of benzene rings is 2. The third-order valence-electron chi connectivity index (χ3n) is 4.58. The number of carbonyl (C=O) groups excluding carboxylic acids is 1. The van der Waals surface area contributed by atoms with E-state index in [1.165, 1.54) is 12.1 Å². The van der Waals surface area contributed by atoms with Crippen LogP contribution in [0.3, 0.4) is 0 Å². The molecule has 1 fully saturated rings. The van der Waals surface area contributed by atoms with Gasteiger partial charge < -0.3 is 10.1 Å². The number of hydrogen-bond donors (Lipinski definition) is 1. The summed E-state index contributed by atoms with van der Waals surface area (Å²) < 4.78 is 18.8. The molecule has 0 bridgehead atoms. The molecule has 1 N–H and O–H groups in total. The number of nitrogens with zero attached hydrogens (tertiary/aromatic N) is 2. The van der Waals surface area contributed by atoms with Crippen LogP contribution >= 0.6 is 11.6 Å². The van der Waals surface area contributed by atoms with Gasteiger partial charge in [-0.15, -0.1) is 0 Å². The minimum Gasteiger partial charge on any atom is -0.496 e. The molecule has 0 radical (unpaired) electrons. The molecule has 0 unspecified atom stereocenters. The Morgan fingerprint density at radius 1 is 1.15 bits per heavy atom. The summed E-state index contributed by atoms with van der Waals surface area (Å²) >= 11 is 5.93. The van der Waals surface area contributed by atoms with E-state index in [-0.39, 0.29) is 11.7 Å². The Morgan fingerprint density at radius 3 is 2.59 bits per heavy atom. The van der Waals surface area contributed by atoms with E-state index in [1.807, 2.05) is 6.07 Å². The second kappa shape index (κ2) is 9.17. The lowest BCUT2D eigenvalue weighted by molar-refractivity contribution is -0.117. The van der Waals surface area contributed by atoms with Crippen molar-refractivity contribution < 1.29 is 13.9 Å². The molecule has 5 nitrogen and oxygen atoms in total. The largest absolute Gasteiger partial charge is 0.496 e. The second-order valence-corrected chi connectivity index (χ2v) is 7.00. The second-order valence-electron chi connectivity index (χ2n) is 6.57. The van der Waals surface area contributed by atoms with Crippen LogP contribution in [-0.4, -0.2) is 55.5 Å². The number of anilines is 1. The molecule has 1 aliphatic rings. The standard InChI is InChI=1S/C20H23ClFN3O2/c1-27-19-6-5-17(22)11-15(19)13-24-7-9-25(10-8-24)14-20(26)23-18-4-2-3-16(21)12-18/h2-6,11-12H,7-10,13-14H2,1H3,(H,23,26). The number of carbonyl (C=O) groups is 1. The van der Waals surface area contributed by atoms with Gasteiger partial charge in [0.2, 0.25) is 5.91 Å². The zero-order valence-corrected chi connectivity index (χ0v) is 16.0. The Kier molecular flexibility index (Phi) is 6.66. The van der Waals surface area contributed by atoms with Crippen LogP contribution in [0.25, 0.3) is 0 Å². The first-order valence-corrected chi connectivity index (χ1v) is 9.24. The maximum absolute atomic E-state index is 13.5. The van der Waals surface area contributed by atoms with E-state index in [9.17, 15) is 9.18 Å². The zero-order valence-electron chi connectivity index (χ0n) is 15.3. The lowest BCUT2D eigenvalue weighted by atomic mass is 10.1. The molecule has 1 aliphatic heterocycles. The molecule has 0 aromatic heterocycles. The lowest BCUT2D eigenvalue weighted by Crippen LogP contribution is -2.48. The monoisotopic (exact) mass is 391 g/mol. The Morgan fingerprint density at radius 2 is 1.89 bits per heavy atom. The predicted molar refractivity (Wildman–Crippen MR) is 105 cm³/mol. The van der Waals surface area contributed by atoms with Crippen LogP contribution in [0.1, 0.15) is 5.56 Å². The fraction of sp³-hybridized carbons (Fsp3) is 0.350. The third kappa shape index (κ3) is 5.66. The first-order chi connectivity index (χ1) is 13.0. The number of halogens is 2. The van der Waals surface area contributed by atoms with Crippen LogP contribution in [0.5, 0.6) is 5.75 Å². The van der Waals surface area contributed by atoms with Crippen molar-refractivity contribution in [3.05, 3.63) is 58.9 Å². The highest BCUT2D eigenvalue weighted by Crippen LogP contribution is 2.21.